The first-order valence-corrected chi connectivity index (χ1v) is 7.91. The topological polar surface area (TPSA) is 29.9 Å². The Kier molecular flexibility index (Phi) is 4.86. The van der Waals surface area contributed by atoms with E-state index in [4.69, 9.17) is 0 Å². The molecule has 20 heavy (non-hydrogen) atoms. The number of benzene rings is 1. The molecule has 0 aliphatic heterocycles. The van der Waals surface area contributed by atoms with Gasteiger partial charge in [0, 0.05) is 12.2 Å². The molecule has 0 fully saturated rings. The summed E-state index contributed by atoms with van der Waals surface area (Å²) in [6, 6.07) is 6.48. The summed E-state index contributed by atoms with van der Waals surface area (Å²) in [5.74, 6) is 0. The molecule has 1 aromatic carbocycles. The predicted octanol–water partition coefficient (Wildman–Crippen LogP) is 4.46. The number of hydrogen-bond donors (Lipinski definition) is 1. The number of hydrogen-bond acceptors (Lipinski definition) is 2. The monoisotopic (exact) mass is 335 g/mol. The number of anilines is 1. The van der Waals surface area contributed by atoms with Crippen molar-refractivity contribution in [1.82, 2.24) is 9.78 Å². The standard InChI is InChI=1S/C16H22BrN3/c1-5-13-16(17)15(20(6-2)19-13)10-18-14-8-7-11(3)9-12(14)4/h7-9,18H,5-6,10H2,1-4H3. The zero-order chi connectivity index (χ0) is 14.7. The van der Waals surface area contributed by atoms with Gasteiger partial charge in [0.2, 0.25) is 0 Å². The molecule has 0 amide bonds. The van der Waals surface area contributed by atoms with E-state index < -0.39 is 0 Å². The van der Waals surface area contributed by atoms with Gasteiger partial charge in [0.1, 0.15) is 0 Å². The molecule has 0 bridgehead atoms. The maximum atomic E-state index is 4.63. The summed E-state index contributed by atoms with van der Waals surface area (Å²) in [5, 5.41) is 8.14. The third-order valence-electron chi connectivity index (χ3n) is 3.52. The molecular formula is C16H22BrN3. The van der Waals surface area contributed by atoms with E-state index in [1.807, 2.05) is 0 Å². The van der Waals surface area contributed by atoms with E-state index in [0.29, 0.717) is 0 Å². The summed E-state index contributed by atoms with van der Waals surface area (Å²) in [4.78, 5) is 0. The molecule has 2 aromatic rings. The Balaban J connectivity index is 2.20. The van der Waals surface area contributed by atoms with Gasteiger partial charge < -0.3 is 5.32 Å². The Morgan fingerprint density at radius 1 is 1.25 bits per heavy atom. The normalized spacial score (nSPS) is 10.8. The molecule has 0 unspecified atom stereocenters. The molecular weight excluding hydrogens is 314 g/mol. The van der Waals surface area contributed by atoms with Gasteiger partial charge in [0.25, 0.3) is 0 Å². The minimum absolute atomic E-state index is 0.783. The summed E-state index contributed by atoms with van der Waals surface area (Å²) >= 11 is 3.68. The Labute approximate surface area is 129 Å². The Morgan fingerprint density at radius 3 is 2.60 bits per heavy atom. The molecule has 0 saturated heterocycles. The molecule has 1 aromatic heterocycles. The van der Waals surface area contributed by atoms with Crippen molar-refractivity contribution in [3.8, 4) is 0 Å². The van der Waals surface area contributed by atoms with Crippen LogP contribution in [0.15, 0.2) is 22.7 Å². The third-order valence-corrected chi connectivity index (χ3v) is 4.44. The quantitative estimate of drug-likeness (QED) is 0.874. The van der Waals surface area contributed by atoms with Gasteiger partial charge in [-0.25, -0.2) is 0 Å². The lowest BCUT2D eigenvalue weighted by Crippen LogP contribution is -2.09. The summed E-state index contributed by atoms with van der Waals surface area (Å²) in [7, 11) is 0. The smallest absolute Gasteiger partial charge is 0.0767 e. The average Bonchev–Trinajstić information content (AvgIpc) is 2.74. The van der Waals surface area contributed by atoms with Crippen LogP contribution in [-0.2, 0) is 19.5 Å². The molecule has 0 aliphatic carbocycles. The van der Waals surface area contributed by atoms with Crippen LogP contribution in [0.5, 0.6) is 0 Å². The fourth-order valence-corrected chi connectivity index (χ4v) is 3.08. The van der Waals surface area contributed by atoms with Gasteiger partial charge in [-0.2, -0.15) is 5.10 Å². The van der Waals surface area contributed by atoms with E-state index in [9.17, 15) is 0 Å². The minimum Gasteiger partial charge on any atom is -0.379 e. The van der Waals surface area contributed by atoms with Crippen molar-refractivity contribution >= 4 is 21.6 Å². The van der Waals surface area contributed by atoms with Gasteiger partial charge in [-0.05, 0) is 54.8 Å². The van der Waals surface area contributed by atoms with Crippen LogP contribution in [0.4, 0.5) is 5.69 Å². The van der Waals surface area contributed by atoms with E-state index in [1.54, 1.807) is 0 Å². The molecule has 1 heterocycles. The van der Waals surface area contributed by atoms with E-state index >= 15 is 0 Å². The highest BCUT2D eigenvalue weighted by molar-refractivity contribution is 9.10. The van der Waals surface area contributed by atoms with Crippen molar-refractivity contribution in [3.05, 3.63) is 45.2 Å². The number of halogens is 1. The van der Waals surface area contributed by atoms with Gasteiger partial charge in [-0.3, -0.25) is 4.68 Å². The summed E-state index contributed by atoms with van der Waals surface area (Å²) < 4.78 is 3.21. The van der Waals surface area contributed by atoms with Crippen LogP contribution < -0.4 is 5.32 Å². The van der Waals surface area contributed by atoms with Crippen LogP contribution in [0.25, 0.3) is 0 Å². The SMILES string of the molecule is CCc1nn(CC)c(CNc2ccc(C)cc2C)c1Br. The molecule has 0 aliphatic rings. The van der Waals surface area contributed by atoms with Crippen LogP contribution in [0.3, 0.4) is 0 Å². The van der Waals surface area contributed by atoms with Crippen LogP contribution in [0.1, 0.15) is 36.4 Å². The molecule has 108 valence electrons. The Morgan fingerprint density at radius 2 is 2.00 bits per heavy atom. The van der Waals surface area contributed by atoms with Crippen LogP contribution in [-0.4, -0.2) is 9.78 Å². The number of nitrogens with one attached hydrogen (secondary N) is 1. The van der Waals surface area contributed by atoms with Crippen molar-refractivity contribution in [2.24, 2.45) is 0 Å². The molecule has 0 spiro atoms. The first-order valence-electron chi connectivity index (χ1n) is 7.12. The second kappa shape index (κ2) is 6.44. The van der Waals surface area contributed by atoms with Gasteiger partial charge in [0.05, 0.1) is 22.4 Å². The van der Waals surface area contributed by atoms with E-state index in [2.05, 4.69) is 76.9 Å². The predicted molar refractivity (Wildman–Crippen MR) is 88.2 cm³/mol. The van der Waals surface area contributed by atoms with E-state index in [0.717, 1.165) is 29.7 Å². The zero-order valence-electron chi connectivity index (χ0n) is 12.6. The number of nitrogens with zero attached hydrogens (tertiary/aromatic N) is 2. The lowest BCUT2D eigenvalue weighted by Gasteiger charge is -2.11. The van der Waals surface area contributed by atoms with Gasteiger partial charge in [-0.15, -0.1) is 0 Å². The summed E-state index contributed by atoms with van der Waals surface area (Å²) in [6.07, 6.45) is 0.949. The minimum atomic E-state index is 0.783. The van der Waals surface area contributed by atoms with Crippen molar-refractivity contribution in [2.45, 2.75) is 47.2 Å². The fourth-order valence-electron chi connectivity index (χ4n) is 2.38. The summed E-state index contributed by atoms with van der Waals surface area (Å²) in [5.41, 5.74) is 6.10. The van der Waals surface area contributed by atoms with Crippen molar-refractivity contribution in [1.29, 1.82) is 0 Å². The third kappa shape index (κ3) is 3.06. The lowest BCUT2D eigenvalue weighted by atomic mass is 10.1. The largest absolute Gasteiger partial charge is 0.379 e. The maximum absolute atomic E-state index is 4.63. The van der Waals surface area contributed by atoms with E-state index in [1.165, 1.54) is 22.5 Å². The van der Waals surface area contributed by atoms with Crippen molar-refractivity contribution in [2.75, 3.05) is 5.32 Å². The second-order valence-electron chi connectivity index (χ2n) is 5.05. The van der Waals surface area contributed by atoms with Crippen molar-refractivity contribution < 1.29 is 0 Å². The van der Waals surface area contributed by atoms with Gasteiger partial charge in [0.15, 0.2) is 0 Å². The molecule has 0 radical (unpaired) electrons. The molecule has 1 N–H and O–H groups in total. The first kappa shape index (κ1) is 15.1. The maximum Gasteiger partial charge on any atom is 0.0767 e. The lowest BCUT2D eigenvalue weighted by molar-refractivity contribution is 0.619. The van der Waals surface area contributed by atoms with Crippen LogP contribution >= 0.6 is 15.9 Å². The fraction of sp³-hybridized carbons (Fsp3) is 0.438. The molecule has 0 atom stereocenters. The highest BCUT2D eigenvalue weighted by Gasteiger charge is 2.13. The Hall–Kier alpha value is -1.29. The van der Waals surface area contributed by atoms with Gasteiger partial charge in [-0.1, -0.05) is 24.6 Å². The highest BCUT2D eigenvalue weighted by atomic mass is 79.9. The molecule has 2 rings (SSSR count). The molecule has 0 saturated carbocycles. The van der Waals surface area contributed by atoms with Gasteiger partial charge >= 0.3 is 0 Å². The number of aromatic nitrogens is 2. The van der Waals surface area contributed by atoms with Crippen LogP contribution in [0, 0.1) is 13.8 Å². The van der Waals surface area contributed by atoms with Crippen LogP contribution in [0.2, 0.25) is 0 Å². The molecule has 4 heteroatoms. The number of rotatable bonds is 5. The molecule has 3 nitrogen and oxygen atoms in total. The zero-order valence-corrected chi connectivity index (χ0v) is 14.2. The second-order valence-corrected chi connectivity index (χ2v) is 5.84. The summed E-state index contributed by atoms with van der Waals surface area (Å²) in [6.45, 7) is 10.2. The Bertz CT molecular complexity index is 602. The average molecular weight is 336 g/mol. The number of aryl methyl sites for hydroxylation is 4. The first-order chi connectivity index (χ1) is 9.56. The van der Waals surface area contributed by atoms with Crippen molar-refractivity contribution in [3.63, 3.8) is 0 Å². The van der Waals surface area contributed by atoms with E-state index in [-0.39, 0.29) is 0 Å². The highest BCUT2D eigenvalue weighted by Crippen LogP contribution is 2.24.